The van der Waals surface area contributed by atoms with Crippen LogP contribution in [-0.4, -0.2) is 37.1 Å². The van der Waals surface area contributed by atoms with Gasteiger partial charge in [0.1, 0.15) is 6.04 Å². The summed E-state index contributed by atoms with van der Waals surface area (Å²) < 4.78 is 4.74. The smallest absolute Gasteiger partial charge is 0.374 e. The van der Waals surface area contributed by atoms with Crippen LogP contribution in [0.25, 0.3) is 0 Å². The van der Waals surface area contributed by atoms with Gasteiger partial charge in [0, 0.05) is 5.56 Å². The predicted octanol–water partition coefficient (Wildman–Crippen LogP) is 0.186. The second kappa shape index (κ2) is 7.24. The van der Waals surface area contributed by atoms with Gasteiger partial charge in [-0.1, -0.05) is 0 Å². The van der Waals surface area contributed by atoms with Crippen molar-refractivity contribution in [2.45, 2.75) is 33.1 Å². The van der Waals surface area contributed by atoms with Gasteiger partial charge in [0.2, 0.25) is 5.91 Å². The SMILES string of the molecule is COC(=O)C(Cc1c(C)cc(C(N)=O)cc1C)NB(C)O. The third-order valence-corrected chi connectivity index (χ3v) is 3.32. The monoisotopic (exact) mass is 292 g/mol. The Hall–Kier alpha value is -1.86. The Morgan fingerprint density at radius 1 is 1.38 bits per heavy atom. The van der Waals surface area contributed by atoms with Crippen molar-refractivity contribution in [3.8, 4) is 0 Å². The van der Waals surface area contributed by atoms with Crippen molar-refractivity contribution in [2.24, 2.45) is 5.73 Å². The number of esters is 1. The highest BCUT2D eigenvalue weighted by molar-refractivity contribution is 6.46. The zero-order valence-electron chi connectivity index (χ0n) is 12.8. The molecule has 1 aromatic rings. The number of amides is 1. The lowest BCUT2D eigenvalue weighted by Crippen LogP contribution is -2.46. The van der Waals surface area contributed by atoms with Crippen molar-refractivity contribution in [2.75, 3.05) is 7.11 Å². The molecule has 114 valence electrons. The van der Waals surface area contributed by atoms with Gasteiger partial charge in [-0.15, -0.1) is 0 Å². The molecule has 0 aliphatic carbocycles. The summed E-state index contributed by atoms with van der Waals surface area (Å²) in [6.45, 7) is 5.24. The number of benzene rings is 1. The van der Waals surface area contributed by atoms with E-state index < -0.39 is 25.0 Å². The maximum absolute atomic E-state index is 11.8. The van der Waals surface area contributed by atoms with Crippen LogP contribution in [0, 0.1) is 13.8 Å². The van der Waals surface area contributed by atoms with Gasteiger partial charge < -0.3 is 20.7 Å². The molecule has 21 heavy (non-hydrogen) atoms. The van der Waals surface area contributed by atoms with Crippen LogP contribution in [0.4, 0.5) is 0 Å². The lowest BCUT2D eigenvalue weighted by molar-refractivity contribution is -0.142. The van der Waals surface area contributed by atoms with Crippen molar-refractivity contribution in [1.82, 2.24) is 5.23 Å². The number of methoxy groups -OCH3 is 1. The Labute approximate surface area is 124 Å². The number of hydrogen-bond donors (Lipinski definition) is 3. The number of aryl methyl sites for hydroxylation is 2. The molecule has 1 rings (SSSR count). The molecule has 6 nitrogen and oxygen atoms in total. The molecule has 0 spiro atoms. The molecule has 0 fully saturated rings. The lowest BCUT2D eigenvalue weighted by atomic mass is 9.85. The molecule has 0 radical (unpaired) electrons. The van der Waals surface area contributed by atoms with Gasteiger partial charge in [0.25, 0.3) is 0 Å². The van der Waals surface area contributed by atoms with Gasteiger partial charge in [0.15, 0.2) is 0 Å². The van der Waals surface area contributed by atoms with Crippen molar-refractivity contribution in [3.63, 3.8) is 0 Å². The summed E-state index contributed by atoms with van der Waals surface area (Å²) in [5, 5.41) is 12.2. The summed E-state index contributed by atoms with van der Waals surface area (Å²) in [6, 6.07) is 2.73. The van der Waals surface area contributed by atoms with E-state index in [0.717, 1.165) is 16.7 Å². The minimum atomic E-state index is -0.834. The van der Waals surface area contributed by atoms with E-state index >= 15 is 0 Å². The number of hydrogen-bond acceptors (Lipinski definition) is 5. The van der Waals surface area contributed by atoms with E-state index in [0.29, 0.717) is 12.0 Å². The summed E-state index contributed by atoms with van der Waals surface area (Å²) in [6.07, 6.45) is 0.355. The summed E-state index contributed by atoms with van der Waals surface area (Å²) >= 11 is 0. The molecule has 0 aliphatic heterocycles. The average Bonchev–Trinajstić information content (AvgIpc) is 2.39. The summed E-state index contributed by atoms with van der Waals surface area (Å²) in [7, 11) is 0.467. The number of rotatable bonds is 6. The minimum absolute atomic E-state index is 0.355. The number of carbonyl (C=O) groups excluding carboxylic acids is 2. The molecule has 7 heteroatoms. The number of nitrogens with two attached hydrogens (primary N) is 1. The lowest BCUT2D eigenvalue weighted by Gasteiger charge is -2.20. The van der Waals surface area contributed by atoms with Crippen molar-refractivity contribution >= 4 is 18.9 Å². The van der Waals surface area contributed by atoms with Crippen molar-refractivity contribution in [3.05, 3.63) is 34.4 Å². The van der Waals surface area contributed by atoms with Gasteiger partial charge in [-0.2, -0.15) is 0 Å². The Balaban J connectivity index is 3.09. The first-order valence-corrected chi connectivity index (χ1v) is 6.68. The Kier molecular flexibility index (Phi) is 5.93. The van der Waals surface area contributed by atoms with Crippen LogP contribution in [0.15, 0.2) is 12.1 Å². The standard InChI is InChI=1S/C14H21BN2O4/c1-8-5-10(13(16)18)6-9(2)11(8)7-12(14(19)21-4)17-15(3)20/h5-6,12,17,20H,7H2,1-4H3,(H2,16,18). The molecular formula is C14H21BN2O4. The predicted molar refractivity (Wildman–Crippen MR) is 80.9 cm³/mol. The van der Waals surface area contributed by atoms with Gasteiger partial charge >= 0.3 is 13.0 Å². The fourth-order valence-corrected chi connectivity index (χ4v) is 2.31. The van der Waals surface area contributed by atoms with Gasteiger partial charge in [-0.05, 0) is 55.9 Å². The van der Waals surface area contributed by atoms with Crippen LogP contribution in [-0.2, 0) is 16.0 Å². The van der Waals surface area contributed by atoms with Crippen LogP contribution < -0.4 is 11.0 Å². The quantitative estimate of drug-likeness (QED) is 0.513. The van der Waals surface area contributed by atoms with Gasteiger partial charge in [-0.3, -0.25) is 9.59 Å². The second-order valence-corrected chi connectivity index (χ2v) is 5.08. The van der Waals surface area contributed by atoms with E-state index in [1.807, 2.05) is 13.8 Å². The van der Waals surface area contributed by atoms with Crippen LogP contribution in [0.3, 0.4) is 0 Å². The number of carbonyl (C=O) groups is 2. The topological polar surface area (TPSA) is 102 Å². The fourth-order valence-electron chi connectivity index (χ4n) is 2.31. The van der Waals surface area contributed by atoms with E-state index in [1.54, 1.807) is 12.1 Å². The molecule has 0 saturated carbocycles. The number of nitrogens with one attached hydrogen (secondary N) is 1. The molecule has 1 unspecified atom stereocenters. The van der Waals surface area contributed by atoms with Crippen molar-refractivity contribution < 1.29 is 19.3 Å². The number of primary amides is 1. The maximum atomic E-state index is 11.8. The summed E-state index contributed by atoms with van der Waals surface area (Å²) in [5.74, 6) is -0.937. The molecule has 0 heterocycles. The molecule has 1 amide bonds. The fraction of sp³-hybridized carbons (Fsp3) is 0.429. The normalized spacial score (nSPS) is 11.9. The zero-order valence-corrected chi connectivity index (χ0v) is 12.8. The Morgan fingerprint density at radius 2 is 1.90 bits per heavy atom. The Bertz CT molecular complexity index is 523. The molecule has 0 aliphatic rings. The number of ether oxygens (including phenoxy) is 1. The highest BCUT2D eigenvalue weighted by Crippen LogP contribution is 2.19. The van der Waals surface area contributed by atoms with E-state index in [4.69, 9.17) is 10.5 Å². The zero-order chi connectivity index (χ0) is 16.2. The molecule has 1 aromatic carbocycles. The molecule has 0 saturated heterocycles. The molecular weight excluding hydrogens is 271 g/mol. The highest BCUT2D eigenvalue weighted by atomic mass is 16.5. The van der Waals surface area contributed by atoms with Gasteiger partial charge in [0.05, 0.1) is 7.11 Å². The van der Waals surface area contributed by atoms with Crippen LogP contribution in [0.5, 0.6) is 0 Å². The van der Waals surface area contributed by atoms with Crippen LogP contribution in [0.1, 0.15) is 27.0 Å². The van der Waals surface area contributed by atoms with Gasteiger partial charge in [-0.25, -0.2) is 0 Å². The molecule has 1 atom stereocenters. The first-order valence-electron chi connectivity index (χ1n) is 6.68. The Morgan fingerprint density at radius 3 is 2.29 bits per heavy atom. The van der Waals surface area contributed by atoms with Crippen molar-refractivity contribution in [1.29, 1.82) is 0 Å². The van der Waals surface area contributed by atoms with E-state index in [9.17, 15) is 14.6 Å². The largest absolute Gasteiger partial charge is 0.468 e. The molecule has 0 aromatic heterocycles. The second-order valence-electron chi connectivity index (χ2n) is 5.08. The van der Waals surface area contributed by atoms with Crippen LogP contribution in [0.2, 0.25) is 6.82 Å². The van der Waals surface area contributed by atoms with Crippen LogP contribution >= 0.6 is 0 Å². The molecule has 4 N–H and O–H groups in total. The third kappa shape index (κ3) is 4.58. The molecule has 0 bridgehead atoms. The van der Waals surface area contributed by atoms with E-state index in [2.05, 4.69) is 5.23 Å². The minimum Gasteiger partial charge on any atom is -0.468 e. The maximum Gasteiger partial charge on any atom is 0.374 e. The first-order chi connectivity index (χ1) is 9.76. The summed E-state index contributed by atoms with van der Waals surface area (Å²) in [4.78, 5) is 23.0. The highest BCUT2D eigenvalue weighted by Gasteiger charge is 2.24. The summed E-state index contributed by atoms with van der Waals surface area (Å²) in [5.41, 5.74) is 8.37. The third-order valence-electron chi connectivity index (χ3n) is 3.32. The first kappa shape index (κ1) is 17.2. The van der Waals surface area contributed by atoms with E-state index in [-0.39, 0.29) is 0 Å². The average molecular weight is 292 g/mol. The van der Waals surface area contributed by atoms with E-state index in [1.165, 1.54) is 13.9 Å².